The normalized spacial score (nSPS) is 20.2. The van der Waals surface area contributed by atoms with Gasteiger partial charge in [0.15, 0.2) is 23.4 Å². The van der Waals surface area contributed by atoms with E-state index in [-0.39, 0.29) is 51.0 Å². The Balaban J connectivity index is 2.25. The second-order valence-corrected chi connectivity index (χ2v) is 10.00. The molecule has 0 fully saturated rings. The van der Waals surface area contributed by atoms with Gasteiger partial charge in [-0.05, 0) is 44.6 Å². The van der Waals surface area contributed by atoms with Crippen LogP contribution in [0.1, 0.15) is 25.0 Å². The molecule has 1 aromatic heterocycles. The molecule has 2 aromatic rings. The van der Waals surface area contributed by atoms with Crippen LogP contribution < -0.4 is 15.0 Å². The fraction of sp³-hybridized carbons (Fsp3) is 0.200. The van der Waals surface area contributed by atoms with E-state index in [4.69, 9.17) is 18.9 Å². The van der Waals surface area contributed by atoms with Crippen LogP contribution in [0.2, 0.25) is 0 Å². The van der Waals surface area contributed by atoms with Gasteiger partial charge in [-0.1, -0.05) is 6.08 Å². The number of benzene rings is 1. The van der Waals surface area contributed by atoms with Gasteiger partial charge in [-0.15, -0.1) is 20.5 Å². The summed E-state index contributed by atoms with van der Waals surface area (Å²) in [6.07, 6.45) is 4.39. The fourth-order valence-electron chi connectivity index (χ4n) is 4.26. The molecule has 254 valence electrons. The number of aldehydes is 1. The fourth-order valence-corrected chi connectivity index (χ4v) is 4.26. The molecule has 20 nitrogen and oxygen atoms in total. The van der Waals surface area contributed by atoms with Crippen molar-refractivity contribution in [2.75, 3.05) is 7.05 Å². The molecule has 50 heavy (non-hydrogen) atoms. The van der Waals surface area contributed by atoms with Crippen molar-refractivity contribution in [3.8, 4) is 23.9 Å². The smallest absolute Gasteiger partial charge is 0.384 e. The minimum atomic E-state index is -3.05. The Kier molecular flexibility index (Phi) is 10.3. The number of ether oxygens (including phenoxy) is 4. The van der Waals surface area contributed by atoms with Gasteiger partial charge in [-0.2, -0.15) is 10.5 Å². The van der Waals surface area contributed by atoms with Gasteiger partial charge in [-0.25, -0.2) is 0 Å². The predicted molar refractivity (Wildman–Crippen MR) is 168 cm³/mol. The van der Waals surface area contributed by atoms with E-state index in [1.54, 1.807) is 13.0 Å². The van der Waals surface area contributed by atoms with Crippen molar-refractivity contribution in [2.24, 2.45) is 27.5 Å². The summed E-state index contributed by atoms with van der Waals surface area (Å²) in [6.45, 7) is 4.34. The van der Waals surface area contributed by atoms with Gasteiger partial charge in [0.05, 0.1) is 9.85 Å². The number of aromatic nitrogens is 1. The Labute approximate surface area is 281 Å². The minimum Gasteiger partial charge on any atom is -0.384 e. The molecule has 1 atom stereocenters. The molecule has 0 saturated carbocycles. The SMILES string of the molecule is C\C=C/C1=C(\C=C\[N+](=O)[O-])N=Nc2c(C)c(C#N)c(=O)n(C)c2OC2(O1)O/C(N(C)C#N)=C(/C(C)=C\C=O)N=Nc1cc([N+](=O)[O-])ccc1O2. The Hall–Kier alpha value is -7.48. The third-order valence-corrected chi connectivity index (χ3v) is 6.72. The molecule has 2 aliphatic heterocycles. The summed E-state index contributed by atoms with van der Waals surface area (Å²) >= 11 is 0. The molecule has 20 heteroatoms. The number of nitrogens with zero attached hydrogens (tertiary/aromatic N) is 10. The zero-order chi connectivity index (χ0) is 36.7. The second-order valence-electron chi connectivity index (χ2n) is 10.00. The van der Waals surface area contributed by atoms with Crippen LogP contribution in [0.25, 0.3) is 0 Å². The number of fused-ring (bicyclic) bond motifs is 2. The van der Waals surface area contributed by atoms with Crippen LogP contribution in [0, 0.1) is 49.9 Å². The Bertz CT molecular complexity index is 2160. The van der Waals surface area contributed by atoms with Crippen LogP contribution in [0.15, 0.2) is 103 Å². The number of carbonyl (C=O) groups is 1. The highest BCUT2D eigenvalue weighted by atomic mass is 17.0. The van der Waals surface area contributed by atoms with Gasteiger partial charge in [0, 0.05) is 37.9 Å². The van der Waals surface area contributed by atoms with E-state index in [1.807, 2.05) is 6.19 Å². The van der Waals surface area contributed by atoms with Crippen LogP contribution >= 0.6 is 0 Å². The number of non-ortho nitro benzene ring substituents is 1. The average Bonchev–Trinajstić information content (AvgIpc) is 3.18. The maximum Gasteiger partial charge on any atom is 0.613 e. The third-order valence-electron chi connectivity index (χ3n) is 6.72. The molecule has 1 unspecified atom stereocenters. The molecule has 1 aromatic carbocycles. The molecule has 0 saturated heterocycles. The van der Waals surface area contributed by atoms with Crippen molar-refractivity contribution >= 4 is 23.3 Å². The van der Waals surface area contributed by atoms with Crippen LogP contribution in [-0.4, -0.2) is 38.8 Å². The van der Waals surface area contributed by atoms with E-state index in [9.17, 15) is 40.3 Å². The number of hydrogen-bond donors (Lipinski definition) is 0. The summed E-state index contributed by atoms with van der Waals surface area (Å²) < 4.78 is 25.8. The van der Waals surface area contributed by atoms with Crippen LogP contribution in [0.3, 0.4) is 0 Å². The average molecular weight is 685 g/mol. The first-order valence-electron chi connectivity index (χ1n) is 14.0. The van der Waals surface area contributed by atoms with Crippen molar-refractivity contribution in [1.29, 1.82) is 10.5 Å². The van der Waals surface area contributed by atoms with E-state index in [2.05, 4.69) is 20.5 Å². The van der Waals surface area contributed by atoms with Gasteiger partial charge in [0.2, 0.25) is 18.0 Å². The van der Waals surface area contributed by atoms with Gasteiger partial charge in [0.1, 0.15) is 35.0 Å². The molecule has 0 N–H and O–H groups in total. The third kappa shape index (κ3) is 7.08. The Morgan fingerprint density at radius 1 is 1.08 bits per heavy atom. The van der Waals surface area contributed by atoms with Gasteiger partial charge in [0.25, 0.3) is 11.2 Å². The molecule has 0 aliphatic carbocycles. The van der Waals surface area contributed by atoms with E-state index in [0.717, 1.165) is 39.8 Å². The van der Waals surface area contributed by atoms with Crippen LogP contribution in [-0.2, 0) is 21.3 Å². The molecule has 1 spiro atoms. The Morgan fingerprint density at radius 3 is 2.44 bits per heavy atom. The summed E-state index contributed by atoms with van der Waals surface area (Å²) in [5.74, 6) is -1.69. The van der Waals surface area contributed by atoms with Crippen LogP contribution in [0.5, 0.6) is 11.6 Å². The van der Waals surface area contributed by atoms with Crippen LogP contribution in [0.4, 0.5) is 17.1 Å². The zero-order valence-electron chi connectivity index (χ0n) is 26.8. The summed E-state index contributed by atoms with van der Waals surface area (Å²) in [6, 6.07) is 4.94. The number of nitriles is 2. The molecule has 0 radical (unpaired) electrons. The number of carbonyl (C=O) groups excluding carboxylic acids is 1. The van der Waals surface area contributed by atoms with E-state index < -0.39 is 39.0 Å². The van der Waals surface area contributed by atoms with Gasteiger partial charge >= 0.3 is 6.16 Å². The molecular weight excluding hydrogens is 660 g/mol. The van der Waals surface area contributed by atoms with Gasteiger partial charge in [-0.3, -0.25) is 39.3 Å². The van der Waals surface area contributed by atoms with Crippen molar-refractivity contribution in [2.45, 2.75) is 26.9 Å². The molecule has 4 rings (SSSR count). The lowest BCUT2D eigenvalue weighted by atomic mass is 10.1. The molecule has 2 aliphatic rings. The summed E-state index contributed by atoms with van der Waals surface area (Å²) in [5.41, 5.74) is -2.78. The van der Waals surface area contributed by atoms with E-state index in [0.29, 0.717) is 12.5 Å². The number of nitro groups is 2. The quantitative estimate of drug-likeness (QED) is 0.0921. The lowest BCUT2D eigenvalue weighted by molar-refractivity contribution is -0.418. The number of azo groups is 2. The second kappa shape index (κ2) is 14.5. The first kappa shape index (κ1) is 35.4. The largest absolute Gasteiger partial charge is 0.613 e. The van der Waals surface area contributed by atoms with Crippen molar-refractivity contribution in [1.82, 2.24) is 9.47 Å². The highest BCUT2D eigenvalue weighted by molar-refractivity contribution is 5.68. The monoisotopic (exact) mass is 684 g/mol. The van der Waals surface area contributed by atoms with Crippen molar-refractivity contribution in [3.63, 3.8) is 0 Å². The lowest BCUT2D eigenvalue weighted by Gasteiger charge is -2.34. The summed E-state index contributed by atoms with van der Waals surface area (Å²) in [5, 5.41) is 59.3. The topological polar surface area (TPSA) is 263 Å². The van der Waals surface area contributed by atoms with Crippen molar-refractivity contribution < 1.29 is 33.6 Å². The molecule has 0 bridgehead atoms. The number of hydrogen-bond acceptors (Lipinski definition) is 17. The summed E-state index contributed by atoms with van der Waals surface area (Å²) in [4.78, 5) is 47.2. The number of nitro benzene ring substituents is 1. The summed E-state index contributed by atoms with van der Waals surface area (Å²) in [7, 11) is 2.44. The zero-order valence-corrected chi connectivity index (χ0v) is 26.8. The maximum atomic E-state index is 13.3. The van der Waals surface area contributed by atoms with E-state index in [1.165, 1.54) is 40.1 Å². The van der Waals surface area contributed by atoms with Gasteiger partial charge < -0.3 is 18.9 Å². The number of rotatable bonds is 7. The number of allylic oxidation sites excluding steroid dienone is 5. The molecule has 3 heterocycles. The first-order valence-corrected chi connectivity index (χ1v) is 14.0. The van der Waals surface area contributed by atoms with Crippen molar-refractivity contribution in [3.05, 3.63) is 119 Å². The molecular formula is C30H24N10O10. The minimum absolute atomic E-state index is 0.0314. The highest BCUT2D eigenvalue weighted by Crippen LogP contribution is 2.43. The first-order chi connectivity index (χ1) is 23.8. The molecule has 0 amide bonds. The lowest BCUT2D eigenvalue weighted by Crippen LogP contribution is -2.50. The Morgan fingerprint density at radius 2 is 1.82 bits per heavy atom. The highest BCUT2D eigenvalue weighted by Gasteiger charge is 2.49. The maximum absolute atomic E-state index is 13.3. The predicted octanol–water partition coefficient (Wildman–Crippen LogP) is 5.08. The number of pyridine rings is 1. The standard InChI is InChI=1S/C30H24N10O10/c1-6-7-23-21(10-12-39(43)44)33-36-26-18(3)20(15-31)27(42)38(5)29(26)50-30(47-23)48-24-9-8-19(40(45)46)14-22(24)34-35-25(17(2)11-13-41)28(49-30)37(4)16-32/h6-14H,1-5H3/b7-6-,12-10+,17-11-,23-21-,28-25-,35-34?,36-33?. The van der Waals surface area contributed by atoms with E-state index >= 15 is 0 Å².